The highest BCUT2D eigenvalue weighted by atomic mass is 19.2. The minimum absolute atomic E-state index is 0.0163. The minimum Gasteiger partial charge on any atom is -0.365 e. The second-order valence-electron chi connectivity index (χ2n) is 5.42. The number of hydrogen-bond donors (Lipinski definition) is 1. The molecule has 1 aliphatic heterocycles. The summed E-state index contributed by atoms with van der Waals surface area (Å²) >= 11 is 0. The fraction of sp³-hybridized carbons (Fsp3) is 0.571. The van der Waals surface area contributed by atoms with E-state index in [1.807, 2.05) is 13.8 Å². The summed E-state index contributed by atoms with van der Waals surface area (Å²) in [5.41, 5.74) is -0.600. The zero-order valence-corrected chi connectivity index (χ0v) is 11.5. The highest BCUT2D eigenvalue weighted by Gasteiger charge is 2.28. The maximum Gasteiger partial charge on any atom is 0.185 e. The van der Waals surface area contributed by atoms with Gasteiger partial charge in [-0.15, -0.1) is 0 Å². The van der Waals surface area contributed by atoms with Crippen LogP contribution in [0.25, 0.3) is 0 Å². The van der Waals surface area contributed by atoms with Gasteiger partial charge in [-0.3, -0.25) is 0 Å². The first kappa shape index (κ1) is 15.1. The summed E-state index contributed by atoms with van der Waals surface area (Å²) in [4.78, 5) is 1.39. The van der Waals surface area contributed by atoms with Crippen LogP contribution in [-0.2, 0) is 0 Å². The first-order valence-corrected chi connectivity index (χ1v) is 6.73. The first-order chi connectivity index (χ1) is 9.41. The zero-order chi connectivity index (χ0) is 14.9. The SMILES string of the molecule is CC(C)C1CN(c2c(F)c(F)cc(F)c2F)CCCN1. The van der Waals surface area contributed by atoms with Gasteiger partial charge < -0.3 is 10.2 Å². The van der Waals surface area contributed by atoms with E-state index in [2.05, 4.69) is 5.32 Å². The monoisotopic (exact) mass is 290 g/mol. The number of nitrogens with zero attached hydrogens (tertiary/aromatic N) is 1. The van der Waals surface area contributed by atoms with Gasteiger partial charge in [-0.05, 0) is 18.9 Å². The van der Waals surface area contributed by atoms with Crippen LogP contribution in [-0.4, -0.2) is 25.7 Å². The molecule has 0 aliphatic carbocycles. The molecule has 1 fully saturated rings. The second-order valence-corrected chi connectivity index (χ2v) is 5.42. The Morgan fingerprint density at radius 1 is 1.15 bits per heavy atom. The van der Waals surface area contributed by atoms with E-state index in [1.165, 1.54) is 4.90 Å². The lowest BCUT2D eigenvalue weighted by atomic mass is 10.0. The number of hydrogen-bond acceptors (Lipinski definition) is 2. The summed E-state index contributed by atoms with van der Waals surface area (Å²) in [6.45, 7) is 5.35. The molecule has 1 atom stereocenters. The van der Waals surface area contributed by atoms with Gasteiger partial charge in [0.05, 0.1) is 0 Å². The normalized spacial score (nSPS) is 20.4. The molecule has 6 heteroatoms. The standard InChI is InChI=1S/C14H18F4N2/c1-8(2)11-7-20(5-3-4-19-11)14-12(17)9(15)6-10(16)13(14)18/h6,8,11,19H,3-5,7H2,1-2H3. The van der Waals surface area contributed by atoms with Crippen molar-refractivity contribution in [3.8, 4) is 0 Å². The Kier molecular flexibility index (Phi) is 4.52. The highest BCUT2D eigenvalue weighted by Crippen LogP contribution is 2.29. The van der Waals surface area contributed by atoms with Gasteiger partial charge >= 0.3 is 0 Å². The average Bonchev–Trinajstić information content (AvgIpc) is 2.63. The topological polar surface area (TPSA) is 15.3 Å². The smallest absolute Gasteiger partial charge is 0.185 e. The van der Waals surface area contributed by atoms with Gasteiger partial charge in [0.15, 0.2) is 23.3 Å². The number of anilines is 1. The average molecular weight is 290 g/mol. The summed E-state index contributed by atoms with van der Waals surface area (Å²) in [6.07, 6.45) is 0.653. The van der Waals surface area contributed by atoms with Crippen LogP contribution in [0.4, 0.5) is 23.2 Å². The summed E-state index contributed by atoms with van der Waals surface area (Å²) in [7, 11) is 0. The van der Waals surface area contributed by atoms with Crippen molar-refractivity contribution in [2.75, 3.05) is 24.5 Å². The molecule has 2 rings (SSSR count). The Morgan fingerprint density at radius 3 is 2.30 bits per heavy atom. The van der Waals surface area contributed by atoms with Gasteiger partial charge in [-0.25, -0.2) is 17.6 Å². The second kappa shape index (κ2) is 5.99. The van der Waals surface area contributed by atoms with E-state index in [0.717, 1.165) is 0 Å². The fourth-order valence-corrected chi connectivity index (χ4v) is 2.44. The van der Waals surface area contributed by atoms with Crippen molar-refractivity contribution in [1.29, 1.82) is 0 Å². The zero-order valence-electron chi connectivity index (χ0n) is 11.5. The minimum atomic E-state index is -1.36. The molecule has 1 aliphatic rings. The van der Waals surface area contributed by atoms with Crippen molar-refractivity contribution in [3.05, 3.63) is 29.3 Å². The lowest BCUT2D eigenvalue weighted by molar-refractivity contribution is 0.413. The maximum absolute atomic E-state index is 13.8. The first-order valence-electron chi connectivity index (χ1n) is 6.73. The van der Waals surface area contributed by atoms with Crippen LogP contribution < -0.4 is 10.2 Å². The van der Waals surface area contributed by atoms with E-state index in [-0.39, 0.29) is 18.0 Å². The van der Waals surface area contributed by atoms with Crippen LogP contribution in [0.5, 0.6) is 0 Å². The lowest BCUT2D eigenvalue weighted by Gasteiger charge is -2.29. The molecule has 1 aromatic carbocycles. The summed E-state index contributed by atoms with van der Waals surface area (Å²) < 4.78 is 54.3. The van der Waals surface area contributed by atoms with Crippen LogP contribution in [0.2, 0.25) is 0 Å². The van der Waals surface area contributed by atoms with Crippen LogP contribution in [0.3, 0.4) is 0 Å². The molecule has 0 saturated carbocycles. The van der Waals surface area contributed by atoms with Crippen molar-refractivity contribution in [2.45, 2.75) is 26.3 Å². The molecule has 1 N–H and O–H groups in total. The van der Waals surface area contributed by atoms with E-state index in [4.69, 9.17) is 0 Å². The molecular formula is C14H18F4N2. The van der Waals surface area contributed by atoms with Gasteiger partial charge in [0.2, 0.25) is 0 Å². The van der Waals surface area contributed by atoms with Crippen LogP contribution in [0.1, 0.15) is 20.3 Å². The Balaban J connectivity index is 2.39. The van der Waals surface area contributed by atoms with Gasteiger partial charge in [-0.1, -0.05) is 13.8 Å². The predicted molar refractivity (Wildman–Crippen MR) is 69.7 cm³/mol. The Bertz CT molecular complexity index is 464. The number of benzene rings is 1. The van der Waals surface area contributed by atoms with Crippen molar-refractivity contribution < 1.29 is 17.6 Å². The molecule has 1 saturated heterocycles. The van der Waals surface area contributed by atoms with Crippen molar-refractivity contribution in [1.82, 2.24) is 5.32 Å². The van der Waals surface area contributed by atoms with Gasteiger partial charge in [0, 0.05) is 25.2 Å². The molecule has 0 amide bonds. The number of halogens is 4. The molecule has 1 unspecified atom stereocenters. The third kappa shape index (κ3) is 2.90. The van der Waals surface area contributed by atoms with E-state index in [1.54, 1.807) is 0 Å². The largest absolute Gasteiger partial charge is 0.365 e. The van der Waals surface area contributed by atoms with Crippen LogP contribution >= 0.6 is 0 Å². The van der Waals surface area contributed by atoms with E-state index >= 15 is 0 Å². The Labute approximate surface area is 115 Å². The van der Waals surface area contributed by atoms with Crippen molar-refractivity contribution >= 4 is 5.69 Å². The molecule has 20 heavy (non-hydrogen) atoms. The molecule has 112 valence electrons. The van der Waals surface area contributed by atoms with Crippen LogP contribution in [0.15, 0.2) is 6.07 Å². The van der Waals surface area contributed by atoms with Crippen LogP contribution in [0, 0.1) is 29.2 Å². The lowest BCUT2D eigenvalue weighted by Crippen LogP contribution is -2.42. The molecule has 0 bridgehead atoms. The molecule has 0 radical (unpaired) electrons. The number of nitrogens with one attached hydrogen (secondary N) is 1. The van der Waals surface area contributed by atoms with E-state index < -0.39 is 29.0 Å². The molecule has 2 nitrogen and oxygen atoms in total. The predicted octanol–water partition coefficient (Wildman–Crippen LogP) is 3.07. The number of rotatable bonds is 2. The molecular weight excluding hydrogens is 272 g/mol. The third-order valence-electron chi connectivity index (χ3n) is 3.64. The Hall–Kier alpha value is -1.30. The summed E-state index contributed by atoms with van der Waals surface area (Å²) in [5, 5.41) is 3.27. The van der Waals surface area contributed by atoms with Gasteiger partial charge in [0.1, 0.15) is 5.69 Å². The van der Waals surface area contributed by atoms with E-state index in [0.29, 0.717) is 26.1 Å². The Morgan fingerprint density at radius 2 is 1.75 bits per heavy atom. The van der Waals surface area contributed by atoms with Gasteiger partial charge in [0.25, 0.3) is 0 Å². The van der Waals surface area contributed by atoms with Crippen molar-refractivity contribution in [3.63, 3.8) is 0 Å². The fourth-order valence-electron chi connectivity index (χ4n) is 2.44. The molecule has 0 spiro atoms. The summed E-state index contributed by atoms with van der Waals surface area (Å²) in [5.74, 6) is -5.13. The quantitative estimate of drug-likeness (QED) is 0.665. The molecule has 1 aromatic rings. The van der Waals surface area contributed by atoms with E-state index in [9.17, 15) is 17.6 Å². The highest BCUT2D eigenvalue weighted by molar-refractivity contribution is 5.50. The third-order valence-corrected chi connectivity index (χ3v) is 3.64. The van der Waals surface area contributed by atoms with Crippen molar-refractivity contribution in [2.24, 2.45) is 5.92 Å². The molecule has 1 heterocycles. The summed E-state index contributed by atoms with van der Waals surface area (Å²) in [6, 6.07) is 0.257. The molecule has 0 aromatic heterocycles. The van der Waals surface area contributed by atoms with Gasteiger partial charge in [-0.2, -0.15) is 0 Å². The maximum atomic E-state index is 13.8.